The van der Waals surface area contributed by atoms with E-state index in [0.717, 1.165) is 0 Å². The summed E-state index contributed by atoms with van der Waals surface area (Å²) in [6.07, 6.45) is -0.571. The molecule has 9 heteroatoms. The Balaban J connectivity index is 2.27. The van der Waals surface area contributed by atoms with Gasteiger partial charge in [0.1, 0.15) is 30.0 Å². The summed E-state index contributed by atoms with van der Waals surface area (Å²) in [6.45, 7) is 1.79. The molecule has 0 unspecified atom stereocenters. The number of phenolic OH excluding ortho intramolecular Hbond substituents is 1. The van der Waals surface area contributed by atoms with Crippen LogP contribution in [0.15, 0.2) is 0 Å². The molecule has 2 rings (SSSR count). The standard InChI is InChI=1S/C13H17O8P/c1-7-9-5-21-13(15)10(9)11(14)8(12(7)19-2)3-4-20-6-22(16,17)18/h14H,3-6H2,1-2H3,(H2,16,17,18). The number of cyclic esters (lactones) is 1. The van der Waals surface area contributed by atoms with Crippen molar-refractivity contribution in [1.29, 1.82) is 0 Å². The average molecular weight is 332 g/mol. The SMILES string of the molecule is COc1c(C)c2c(c(O)c1CCOCP(=O)(O)O)C(=O)OC2. The van der Waals surface area contributed by atoms with Crippen LogP contribution >= 0.6 is 7.60 Å². The number of fused-ring (bicyclic) bond motifs is 1. The summed E-state index contributed by atoms with van der Waals surface area (Å²) in [5.74, 6) is -0.426. The number of aromatic hydroxyl groups is 1. The number of benzene rings is 1. The second-order valence-electron chi connectivity index (χ2n) is 4.87. The van der Waals surface area contributed by atoms with Gasteiger partial charge in [0, 0.05) is 17.5 Å². The minimum atomic E-state index is -4.24. The third kappa shape index (κ3) is 3.25. The Bertz CT molecular complexity index is 648. The van der Waals surface area contributed by atoms with Crippen LogP contribution in [0.4, 0.5) is 0 Å². The first-order chi connectivity index (χ1) is 10.3. The molecular weight excluding hydrogens is 315 g/mol. The molecule has 1 aliphatic rings. The van der Waals surface area contributed by atoms with E-state index in [1.807, 2.05) is 0 Å². The van der Waals surface area contributed by atoms with Crippen LogP contribution in [0.5, 0.6) is 11.5 Å². The molecule has 0 aromatic heterocycles. The molecule has 122 valence electrons. The van der Waals surface area contributed by atoms with Crippen molar-refractivity contribution in [2.45, 2.75) is 20.0 Å². The molecule has 0 fully saturated rings. The Hall–Kier alpha value is -1.60. The Labute approximate surface area is 126 Å². The van der Waals surface area contributed by atoms with E-state index in [0.29, 0.717) is 22.4 Å². The minimum absolute atomic E-state index is 0.0394. The van der Waals surface area contributed by atoms with Crippen molar-refractivity contribution in [1.82, 2.24) is 0 Å². The number of methoxy groups -OCH3 is 1. The molecule has 0 atom stereocenters. The summed E-state index contributed by atoms with van der Waals surface area (Å²) in [5, 5.41) is 10.3. The van der Waals surface area contributed by atoms with Crippen molar-refractivity contribution in [3.05, 3.63) is 22.3 Å². The zero-order chi connectivity index (χ0) is 16.5. The quantitative estimate of drug-likeness (QED) is 0.402. The first-order valence-electron chi connectivity index (χ1n) is 6.47. The van der Waals surface area contributed by atoms with Gasteiger partial charge in [0.25, 0.3) is 0 Å². The third-order valence-corrected chi connectivity index (χ3v) is 3.92. The highest BCUT2D eigenvalue weighted by atomic mass is 31.2. The molecular formula is C13H17O8P. The molecule has 8 nitrogen and oxygen atoms in total. The van der Waals surface area contributed by atoms with Crippen molar-refractivity contribution in [3.8, 4) is 11.5 Å². The third-order valence-electron chi connectivity index (χ3n) is 3.40. The van der Waals surface area contributed by atoms with Crippen LogP contribution in [0, 0.1) is 6.92 Å². The fraction of sp³-hybridized carbons (Fsp3) is 0.462. The predicted octanol–water partition coefficient (Wildman–Crippen LogP) is 1.07. The van der Waals surface area contributed by atoms with E-state index in [1.165, 1.54) is 7.11 Å². The van der Waals surface area contributed by atoms with Crippen molar-refractivity contribution in [2.75, 3.05) is 20.1 Å². The topological polar surface area (TPSA) is 123 Å². The molecule has 22 heavy (non-hydrogen) atoms. The summed E-state index contributed by atoms with van der Waals surface area (Å²) in [7, 11) is -2.80. The summed E-state index contributed by atoms with van der Waals surface area (Å²) in [5.41, 5.74) is 1.73. The van der Waals surface area contributed by atoms with Gasteiger partial charge in [0.2, 0.25) is 0 Å². The van der Waals surface area contributed by atoms with E-state index in [4.69, 9.17) is 24.0 Å². The largest absolute Gasteiger partial charge is 0.507 e. The van der Waals surface area contributed by atoms with Crippen molar-refractivity contribution < 1.29 is 38.5 Å². The van der Waals surface area contributed by atoms with Gasteiger partial charge in [-0.2, -0.15) is 0 Å². The van der Waals surface area contributed by atoms with Crippen LogP contribution in [-0.4, -0.2) is 40.9 Å². The fourth-order valence-electron chi connectivity index (χ4n) is 2.43. The smallest absolute Gasteiger partial charge is 0.350 e. The fourth-order valence-corrected chi connectivity index (χ4v) is 2.80. The van der Waals surface area contributed by atoms with Gasteiger partial charge < -0.3 is 29.1 Å². The predicted molar refractivity (Wildman–Crippen MR) is 75.1 cm³/mol. The van der Waals surface area contributed by atoms with Gasteiger partial charge in [-0.3, -0.25) is 4.57 Å². The van der Waals surface area contributed by atoms with Crippen LogP contribution in [0.25, 0.3) is 0 Å². The van der Waals surface area contributed by atoms with E-state index >= 15 is 0 Å². The molecule has 0 bridgehead atoms. The second-order valence-corrected chi connectivity index (χ2v) is 6.45. The summed E-state index contributed by atoms with van der Waals surface area (Å²) in [4.78, 5) is 29.1. The number of hydrogen-bond donors (Lipinski definition) is 3. The lowest BCUT2D eigenvalue weighted by Crippen LogP contribution is -2.07. The molecule has 1 aromatic rings. The second kappa shape index (κ2) is 6.26. The molecule has 0 aliphatic carbocycles. The molecule has 0 amide bonds. The van der Waals surface area contributed by atoms with E-state index in [1.54, 1.807) is 6.92 Å². The van der Waals surface area contributed by atoms with Crippen LogP contribution < -0.4 is 4.74 Å². The van der Waals surface area contributed by atoms with Gasteiger partial charge in [-0.1, -0.05) is 0 Å². The maximum atomic E-state index is 11.7. The van der Waals surface area contributed by atoms with Gasteiger partial charge in [-0.25, -0.2) is 4.79 Å². The molecule has 0 saturated heterocycles. The molecule has 1 aliphatic heterocycles. The molecule has 0 saturated carbocycles. The highest BCUT2D eigenvalue weighted by molar-refractivity contribution is 7.51. The first-order valence-corrected chi connectivity index (χ1v) is 8.26. The Kier molecular flexibility index (Phi) is 4.77. The number of ether oxygens (including phenoxy) is 3. The molecule has 3 N–H and O–H groups in total. The average Bonchev–Trinajstić information content (AvgIpc) is 2.81. The lowest BCUT2D eigenvalue weighted by atomic mass is 9.95. The van der Waals surface area contributed by atoms with Gasteiger partial charge in [-0.05, 0) is 12.5 Å². The van der Waals surface area contributed by atoms with Crippen molar-refractivity contribution in [3.63, 3.8) is 0 Å². The number of carbonyl (C=O) groups is 1. The van der Waals surface area contributed by atoms with Crippen LogP contribution in [0.1, 0.15) is 27.0 Å². The molecule has 1 heterocycles. The minimum Gasteiger partial charge on any atom is -0.507 e. The van der Waals surface area contributed by atoms with Gasteiger partial charge in [0.05, 0.1) is 13.7 Å². The summed E-state index contributed by atoms with van der Waals surface area (Å²) >= 11 is 0. The Morgan fingerprint density at radius 3 is 2.64 bits per heavy atom. The van der Waals surface area contributed by atoms with Crippen LogP contribution in [0.3, 0.4) is 0 Å². The monoisotopic (exact) mass is 332 g/mol. The Morgan fingerprint density at radius 1 is 1.36 bits per heavy atom. The Morgan fingerprint density at radius 2 is 2.05 bits per heavy atom. The first kappa shape index (κ1) is 16.8. The lowest BCUT2D eigenvalue weighted by Gasteiger charge is -2.16. The van der Waals surface area contributed by atoms with E-state index < -0.39 is 19.9 Å². The maximum absolute atomic E-state index is 11.7. The lowest BCUT2D eigenvalue weighted by molar-refractivity contribution is 0.0532. The highest BCUT2D eigenvalue weighted by Gasteiger charge is 2.32. The number of carbonyl (C=O) groups excluding carboxylic acids is 1. The van der Waals surface area contributed by atoms with E-state index in [9.17, 15) is 14.5 Å². The van der Waals surface area contributed by atoms with Gasteiger partial charge in [0.15, 0.2) is 0 Å². The summed E-state index contributed by atoms with van der Waals surface area (Å²) < 4.78 is 25.8. The van der Waals surface area contributed by atoms with Crippen molar-refractivity contribution >= 4 is 13.6 Å². The normalized spacial score (nSPS) is 13.9. The molecule has 1 aromatic carbocycles. The number of esters is 1. The van der Waals surface area contributed by atoms with Crippen LogP contribution in [0.2, 0.25) is 0 Å². The zero-order valence-corrected chi connectivity index (χ0v) is 13.1. The van der Waals surface area contributed by atoms with Crippen LogP contribution in [-0.2, 0) is 27.1 Å². The highest BCUT2D eigenvalue weighted by Crippen LogP contribution is 2.42. The van der Waals surface area contributed by atoms with Gasteiger partial charge in [-0.15, -0.1) is 0 Å². The molecule has 0 radical (unpaired) electrons. The zero-order valence-electron chi connectivity index (χ0n) is 12.2. The maximum Gasteiger partial charge on any atom is 0.350 e. The molecule has 0 spiro atoms. The van der Waals surface area contributed by atoms with Gasteiger partial charge >= 0.3 is 13.6 Å². The van der Waals surface area contributed by atoms with Crippen molar-refractivity contribution in [2.24, 2.45) is 0 Å². The van der Waals surface area contributed by atoms with E-state index in [-0.39, 0.29) is 30.9 Å². The number of rotatable bonds is 6. The summed E-state index contributed by atoms with van der Waals surface area (Å²) in [6, 6.07) is 0. The number of hydrogen-bond acceptors (Lipinski definition) is 6. The number of phenols is 1. The van der Waals surface area contributed by atoms with E-state index in [2.05, 4.69) is 0 Å².